The van der Waals surface area contributed by atoms with E-state index in [4.69, 9.17) is 15.2 Å². The molecule has 29 heavy (non-hydrogen) atoms. The SMILES string of the molecule is C[C@@H](C(=O)Nc1ccccc1C(N)=O)N(c1ccc2c(c1)OCCO2)S(C)(=O)=O. The van der Waals surface area contributed by atoms with Gasteiger partial charge in [-0.25, -0.2) is 8.42 Å². The Hall–Kier alpha value is -3.27. The van der Waals surface area contributed by atoms with Gasteiger partial charge in [-0.3, -0.25) is 13.9 Å². The van der Waals surface area contributed by atoms with Crippen LogP contribution in [0.1, 0.15) is 17.3 Å². The highest BCUT2D eigenvalue weighted by atomic mass is 32.2. The van der Waals surface area contributed by atoms with Gasteiger partial charge in [-0.1, -0.05) is 12.1 Å². The van der Waals surface area contributed by atoms with E-state index >= 15 is 0 Å². The summed E-state index contributed by atoms with van der Waals surface area (Å²) in [6.07, 6.45) is 1.00. The highest BCUT2D eigenvalue weighted by Gasteiger charge is 2.30. The van der Waals surface area contributed by atoms with Crippen molar-refractivity contribution in [3.8, 4) is 11.5 Å². The van der Waals surface area contributed by atoms with E-state index in [1.807, 2.05) is 0 Å². The van der Waals surface area contributed by atoms with E-state index in [9.17, 15) is 18.0 Å². The van der Waals surface area contributed by atoms with Crippen molar-refractivity contribution in [3.63, 3.8) is 0 Å². The largest absolute Gasteiger partial charge is 0.486 e. The first-order chi connectivity index (χ1) is 13.7. The number of hydrogen-bond donors (Lipinski definition) is 2. The molecule has 0 radical (unpaired) electrons. The molecule has 10 heteroatoms. The molecule has 2 aromatic rings. The number of anilines is 2. The maximum Gasteiger partial charge on any atom is 0.250 e. The molecule has 0 saturated heterocycles. The van der Waals surface area contributed by atoms with E-state index in [1.165, 1.54) is 31.2 Å². The van der Waals surface area contributed by atoms with Gasteiger partial charge in [0.05, 0.1) is 23.2 Å². The molecule has 0 bridgehead atoms. The van der Waals surface area contributed by atoms with Gasteiger partial charge in [-0.05, 0) is 31.2 Å². The molecule has 2 amide bonds. The van der Waals surface area contributed by atoms with Gasteiger partial charge in [0.1, 0.15) is 19.3 Å². The van der Waals surface area contributed by atoms with E-state index in [1.54, 1.807) is 18.2 Å². The molecule has 2 aromatic carbocycles. The lowest BCUT2D eigenvalue weighted by Crippen LogP contribution is -2.45. The van der Waals surface area contributed by atoms with Crippen LogP contribution in [0.25, 0.3) is 0 Å². The normalized spacial score (nSPS) is 14.0. The molecular formula is C19H21N3O6S. The van der Waals surface area contributed by atoms with Crippen LogP contribution >= 0.6 is 0 Å². The third-order valence-electron chi connectivity index (χ3n) is 4.32. The van der Waals surface area contributed by atoms with Gasteiger partial charge < -0.3 is 20.5 Å². The minimum absolute atomic E-state index is 0.123. The number of amides is 2. The number of primary amides is 1. The Morgan fingerprint density at radius 2 is 1.76 bits per heavy atom. The van der Waals surface area contributed by atoms with Gasteiger partial charge in [-0.15, -0.1) is 0 Å². The lowest BCUT2D eigenvalue weighted by Gasteiger charge is -2.29. The van der Waals surface area contributed by atoms with Crippen LogP contribution in [0.5, 0.6) is 11.5 Å². The van der Waals surface area contributed by atoms with Crippen molar-refractivity contribution in [2.24, 2.45) is 5.73 Å². The van der Waals surface area contributed by atoms with E-state index in [0.29, 0.717) is 24.7 Å². The highest BCUT2D eigenvalue weighted by Crippen LogP contribution is 2.35. The van der Waals surface area contributed by atoms with Crippen LogP contribution in [0.2, 0.25) is 0 Å². The quantitative estimate of drug-likeness (QED) is 0.727. The molecule has 1 atom stereocenters. The predicted molar refractivity (Wildman–Crippen MR) is 108 cm³/mol. The topological polar surface area (TPSA) is 128 Å². The summed E-state index contributed by atoms with van der Waals surface area (Å²) in [6, 6.07) is 9.74. The van der Waals surface area contributed by atoms with Gasteiger partial charge in [0, 0.05) is 6.07 Å². The van der Waals surface area contributed by atoms with Crippen LogP contribution in [0.4, 0.5) is 11.4 Å². The zero-order valence-electron chi connectivity index (χ0n) is 15.9. The van der Waals surface area contributed by atoms with Crippen LogP contribution in [0.3, 0.4) is 0 Å². The zero-order valence-corrected chi connectivity index (χ0v) is 16.7. The molecule has 0 aromatic heterocycles. The van der Waals surface area contributed by atoms with E-state index in [0.717, 1.165) is 10.6 Å². The Morgan fingerprint density at radius 1 is 1.10 bits per heavy atom. The minimum Gasteiger partial charge on any atom is -0.486 e. The summed E-state index contributed by atoms with van der Waals surface area (Å²) in [7, 11) is -3.82. The van der Waals surface area contributed by atoms with E-state index < -0.39 is 27.9 Å². The molecule has 0 unspecified atom stereocenters. The Bertz CT molecular complexity index is 1050. The number of carbonyl (C=O) groups is 2. The standard InChI is InChI=1S/C19H21N3O6S/c1-12(19(24)21-15-6-4-3-5-14(15)18(20)23)22(29(2,25)26)13-7-8-16-17(11-13)28-10-9-27-16/h3-8,11-12H,9-10H2,1-2H3,(H2,20,23)(H,21,24)/t12-/m0/s1. The Morgan fingerprint density at radius 3 is 2.41 bits per heavy atom. The monoisotopic (exact) mass is 419 g/mol. The van der Waals surface area contributed by atoms with Crippen molar-refractivity contribution < 1.29 is 27.5 Å². The summed E-state index contributed by atoms with van der Waals surface area (Å²) in [5.74, 6) is -0.436. The fourth-order valence-corrected chi connectivity index (χ4v) is 4.19. The third-order valence-corrected chi connectivity index (χ3v) is 5.56. The number of benzene rings is 2. The predicted octanol–water partition coefficient (Wildman–Crippen LogP) is 1.35. The average Bonchev–Trinajstić information content (AvgIpc) is 2.67. The molecule has 1 heterocycles. The molecule has 1 aliphatic rings. The van der Waals surface area contributed by atoms with Crippen molar-refractivity contribution >= 4 is 33.2 Å². The van der Waals surface area contributed by atoms with Crippen LogP contribution in [-0.4, -0.2) is 45.7 Å². The second kappa shape index (κ2) is 8.00. The maximum absolute atomic E-state index is 12.8. The zero-order chi connectivity index (χ0) is 21.2. The number of nitrogens with two attached hydrogens (primary N) is 1. The first kappa shape index (κ1) is 20.5. The fourth-order valence-electron chi connectivity index (χ4n) is 3.02. The molecule has 3 rings (SSSR count). The number of nitrogens with zero attached hydrogens (tertiary/aromatic N) is 1. The maximum atomic E-state index is 12.8. The third kappa shape index (κ3) is 4.43. The first-order valence-corrected chi connectivity index (χ1v) is 10.6. The molecule has 0 aliphatic carbocycles. The summed E-state index contributed by atoms with van der Waals surface area (Å²) in [6.45, 7) is 2.19. The number of rotatable bonds is 6. The lowest BCUT2D eigenvalue weighted by atomic mass is 10.1. The second-order valence-electron chi connectivity index (χ2n) is 6.46. The molecule has 154 valence electrons. The summed E-state index contributed by atoms with van der Waals surface area (Å²) >= 11 is 0. The summed E-state index contributed by atoms with van der Waals surface area (Å²) in [5, 5.41) is 2.57. The number of carbonyl (C=O) groups excluding carboxylic acids is 2. The van der Waals surface area contributed by atoms with Crippen molar-refractivity contribution in [1.29, 1.82) is 0 Å². The number of hydrogen-bond acceptors (Lipinski definition) is 6. The fraction of sp³-hybridized carbons (Fsp3) is 0.263. The van der Waals surface area contributed by atoms with Gasteiger partial charge in [-0.2, -0.15) is 0 Å². The van der Waals surface area contributed by atoms with Crippen molar-refractivity contribution in [2.75, 3.05) is 29.1 Å². The van der Waals surface area contributed by atoms with Crippen molar-refractivity contribution in [1.82, 2.24) is 0 Å². The number of sulfonamides is 1. The minimum atomic E-state index is -3.82. The van der Waals surface area contributed by atoms with Crippen LogP contribution < -0.4 is 24.8 Å². The average molecular weight is 419 g/mol. The molecule has 0 fully saturated rings. The molecule has 1 aliphatic heterocycles. The summed E-state index contributed by atoms with van der Waals surface area (Å²) in [4.78, 5) is 24.4. The molecular weight excluding hydrogens is 398 g/mol. The van der Waals surface area contributed by atoms with Crippen LogP contribution in [0, 0.1) is 0 Å². The second-order valence-corrected chi connectivity index (χ2v) is 8.32. The lowest BCUT2D eigenvalue weighted by molar-refractivity contribution is -0.116. The number of para-hydroxylation sites is 1. The molecule has 0 spiro atoms. The van der Waals surface area contributed by atoms with Gasteiger partial charge in [0.15, 0.2) is 11.5 Å². The van der Waals surface area contributed by atoms with Crippen LogP contribution in [-0.2, 0) is 14.8 Å². The molecule has 3 N–H and O–H groups in total. The van der Waals surface area contributed by atoms with E-state index in [2.05, 4.69) is 5.32 Å². The first-order valence-electron chi connectivity index (χ1n) is 8.77. The smallest absolute Gasteiger partial charge is 0.250 e. The Labute approximate surface area is 168 Å². The molecule has 0 saturated carbocycles. The van der Waals surface area contributed by atoms with Gasteiger partial charge in [0.2, 0.25) is 15.9 Å². The molecule has 9 nitrogen and oxygen atoms in total. The Kier molecular flexibility index (Phi) is 5.64. The highest BCUT2D eigenvalue weighted by molar-refractivity contribution is 7.92. The van der Waals surface area contributed by atoms with Gasteiger partial charge in [0.25, 0.3) is 5.91 Å². The number of ether oxygens (including phenoxy) is 2. The van der Waals surface area contributed by atoms with Crippen molar-refractivity contribution in [2.45, 2.75) is 13.0 Å². The van der Waals surface area contributed by atoms with Crippen molar-refractivity contribution in [3.05, 3.63) is 48.0 Å². The Balaban J connectivity index is 1.92. The summed E-state index contributed by atoms with van der Waals surface area (Å²) < 4.78 is 36.9. The number of nitrogens with one attached hydrogen (secondary N) is 1. The van der Waals surface area contributed by atoms with Crippen LogP contribution in [0.15, 0.2) is 42.5 Å². The summed E-state index contributed by atoms with van der Waals surface area (Å²) in [5.41, 5.74) is 5.91. The van der Waals surface area contributed by atoms with Gasteiger partial charge >= 0.3 is 0 Å². The van der Waals surface area contributed by atoms with E-state index in [-0.39, 0.29) is 16.9 Å². The number of fused-ring (bicyclic) bond motifs is 1.